The molecular weight excluding hydrogens is 434 g/mol. The minimum Gasteiger partial charge on any atom is -0.444 e. The van der Waals surface area contributed by atoms with E-state index < -0.39 is 5.60 Å². The third-order valence-corrected chi connectivity index (χ3v) is 5.12. The van der Waals surface area contributed by atoms with Crippen LogP contribution in [0, 0.1) is 0 Å². The molecule has 0 atom stereocenters. The fourth-order valence-electron chi connectivity index (χ4n) is 3.35. The lowest BCUT2D eigenvalue weighted by atomic mass is 10.1. The van der Waals surface area contributed by atoms with Crippen LogP contribution in [0.3, 0.4) is 0 Å². The standard InChI is InChI=1S/C25H31N5O4/c1-25(2,3)34-24(33)30-15-13-29(14-16-30)20-10-11-21(27-17-20)28-22(31)12-7-18-5-8-19(9-6-18)23(32)26-4/h5-12,17H,13-16H2,1-4H3,(H,26,32)(H,27,28,31)/b12-7+. The zero-order chi connectivity index (χ0) is 24.7. The quantitative estimate of drug-likeness (QED) is 0.658. The van der Waals surface area contributed by atoms with Gasteiger partial charge in [0.15, 0.2) is 0 Å². The third-order valence-electron chi connectivity index (χ3n) is 5.12. The summed E-state index contributed by atoms with van der Waals surface area (Å²) in [5, 5.41) is 5.30. The van der Waals surface area contributed by atoms with Crippen LogP contribution in [0.4, 0.5) is 16.3 Å². The number of anilines is 2. The van der Waals surface area contributed by atoms with Gasteiger partial charge in [-0.2, -0.15) is 0 Å². The number of hydrogen-bond donors (Lipinski definition) is 2. The van der Waals surface area contributed by atoms with Gasteiger partial charge in [-0.1, -0.05) is 12.1 Å². The number of piperazine rings is 1. The van der Waals surface area contributed by atoms with E-state index in [2.05, 4.69) is 20.5 Å². The molecule has 0 spiro atoms. The number of rotatable bonds is 5. The van der Waals surface area contributed by atoms with Gasteiger partial charge in [-0.25, -0.2) is 9.78 Å². The van der Waals surface area contributed by atoms with E-state index in [1.54, 1.807) is 54.6 Å². The van der Waals surface area contributed by atoms with Crippen LogP contribution >= 0.6 is 0 Å². The summed E-state index contributed by atoms with van der Waals surface area (Å²) in [6.45, 7) is 8.06. The van der Waals surface area contributed by atoms with Gasteiger partial charge < -0.3 is 25.2 Å². The lowest BCUT2D eigenvalue weighted by molar-refractivity contribution is -0.111. The molecule has 3 amide bonds. The van der Waals surface area contributed by atoms with Gasteiger partial charge in [0.05, 0.1) is 11.9 Å². The number of ether oxygens (including phenoxy) is 1. The van der Waals surface area contributed by atoms with Gasteiger partial charge >= 0.3 is 6.09 Å². The molecule has 2 N–H and O–H groups in total. The van der Waals surface area contributed by atoms with Crippen molar-refractivity contribution >= 4 is 35.5 Å². The number of carbonyl (C=O) groups excluding carboxylic acids is 3. The van der Waals surface area contributed by atoms with Crippen molar-refractivity contribution in [1.82, 2.24) is 15.2 Å². The molecule has 180 valence electrons. The predicted molar refractivity (Wildman–Crippen MR) is 132 cm³/mol. The van der Waals surface area contributed by atoms with E-state index in [1.807, 2.05) is 26.8 Å². The van der Waals surface area contributed by atoms with Crippen molar-refractivity contribution in [2.24, 2.45) is 0 Å². The van der Waals surface area contributed by atoms with Crippen LogP contribution in [0.2, 0.25) is 0 Å². The van der Waals surface area contributed by atoms with Gasteiger partial charge in [-0.15, -0.1) is 0 Å². The van der Waals surface area contributed by atoms with Crippen molar-refractivity contribution in [3.8, 4) is 0 Å². The highest BCUT2D eigenvalue weighted by Crippen LogP contribution is 2.19. The van der Waals surface area contributed by atoms with Gasteiger partial charge in [-0.05, 0) is 56.7 Å². The number of hydrogen-bond acceptors (Lipinski definition) is 6. The molecule has 2 heterocycles. The monoisotopic (exact) mass is 465 g/mol. The molecule has 1 aromatic carbocycles. The smallest absolute Gasteiger partial charge is 0.410 e. The van der Waals surface area contributed by atoms with Gasteiger partial charge in [0.25, 0.3) is 5.91 Å². The van der Waals surface area contributed by atoms with Crippen molar-refractivity contribution in [3.05, 3.63) is 59.8 Å². The Labute approximate surface area is 199 Å². The van der Waals surface area contributed by atoms with Crippen molar-refractivity contribution in [2.45, 2.75) is 26.4 Å². The van der Waals surface area contributed by atoms with Gasteiger partial charge in [0.2, 0.25) is 5.91 Å². The molecule has 0 aliphatic carbocycles. The second kappa shape index (κ2) is 10.8. The van der Waals surface area contributed by atoms with E-state index >= 15 is 0 Å². The lowest BCUT2D eigenvalue weighted by Crippen LogP contribution is -2.50. The molecule has 0 unspecified atom stereocenters. The maximum atomic E-state index is 12.2. The number of aromatic nitrogens is 1. The Morgan fingerprint density at radius 3 is 2.24 bits per heavy atom. The fraction of sp³-hybridized carbons (Fsp3) is 0.360. The molecule has 1 fully saturated rings. The first kappa shape index (κ1) is 24.8. The number of nitrogens with one attached hydrogen (secondary N) is 2. The maximum absolute atomic E-state index is 12.2. The molecule has 0 radical (unpaired) electrons. The Balaban J connectivity index is 1.49. The van der Waals surface area contributed by atoms with E-state index in [1.165, 1.54) is 6.08 Å². The van der Waals surface area contributed by atoms with Gasteiger partial charge in [0.1, 0.15) is 11.4 Å². The normalized spacial score (nSPS) is 14.1. The average molecular weight is 466 g/mol. The minimum absolute atomic E-state index is 0.160. The summed E-state index contributed by atoms with van der Waals surface area (Å²) in [4.78, 5) is 44.2. The third kappa shape index (κ3) is 7.06. The van der Waals surface area contributed by atoms with Crippen LogP contribution in [0.1, 0.15) is 36.7 Å². The molecule has 0 bridgehead atoms. The van der Waals surface area contributed by atoms with E-state index in [9.17, 15) is 14.4 Å². The molecule has 1 aliphatic heterocycles. The largest absolute Gasteiger partial charge is 0.444 e. The first-order valence-corrected chi connectivity index (χ1v) is 11.1. The Morgan fingerprint density at radius 1 is 1.00 bits per heavy atom. The summed E-state index contributed by atoms with van der Waals surface area (Å²) in [6, 6.07) is 10.6. The summed E-state index contributed by atoms with van der Waals surface area (Å²) in [5.41, 5.74) is 1.77. The van der Waals surface area contributed by atoms with Gasteiger partial charge in [-0.3, -0.25) is 9.59 Å². The van der Waals surface area contributed by atoms with Crippen LogP contribution in [-0.4, -0.2) is 66.6 Å². The zero-order valence-electron chi connectivity index (χ0n) is 20.0. The first-order chi connectivity index (χ1) is 16.1. The summed E-state index contributed by atoms with van der Waals surface area (Å²) in [7, 11) is 1.58. The van der Waals surface area contributed by atoms with E-state index in [4.69, 9.17) is 4.74 Å². The second-order valence-electron chi connectivity index (χ2n) is 8.88. The van der Waals surface area contributed by atoms with Crippen LogP contribution in [0.5, 0.6) is 0 Å². The highest BCUT2D eigenvalue weighted by molar-refractivity contribution is 6.01. The summed E-state index contributed by atoms with van der Waals surface area (Å²) < 4.78 is 5.43. The van der Waals surface area contributed by atoms with Crippen LogP contribution < -0.4 is 15.5 Å². The van der Waals surface area contributed by atoms with E-state index in [-0.39, 0.29) is 17.9 Å². The van der Waals surface area contributed by atoms with Crippen molar-refractivity contribution in [3.63, 3.8) is 0 Å². The molecule has 1 aromatic heterocycles. The lowest BCUT2D eigenvalue weighted by Gasteiger charge is -2.36. The van der Waals surface area contributed by atoms with Crippen molar-refractivity contribution in [2.75, 3.05) is 43.4 Å². The fourth-order valence-corrected chi connectivity index (χ4v) is 3.35. The second-order valence-corrected chi connectivity index (χ2v) is 8.88. The topological polar surface area (TPSA) is 104 Å². The molecule has 2 aromatic rings. The predicted octanol–water partition coefficient (Wildman–Crippen LogP) is 3.15. The number of amides is 3. The molecule has 1 aliphatic rings. The Kier molecular flexibility index (Phi) is 7.88. The Hall–Kier alpha value is -3.88. The Bertz CT molecular complexity index is 1030. The molecular formula is C25H31N5O4. The number of pyridine rings is 1. The minimum atomic E-state index is -0.509. The summed E-state index contributed by atoms with van der Waals surface area (Å²) in [5.74, 6) is -0.0185. The van der Waals surface area contributed by atoms with Crippen LogP contribution in [0.15, 0.2) is 48.7 Å². The van der Waals surface area contributed by atoms with Crippen molar-refractivity contribution < 1.29 is 19.1 Å². The van der Waals surface area contributed by atoms with Crippen LogP contribution in [0.25, 0.3) is 6.08 Å². The van der Waals surface area contributed by atoms with Crippen LogP contribution in [-0.2, 0) is 9.53 Å². The average Bonchev–Trinajstić information content (AvgIpc) is 2.82. The molecule has 34 heavy (non-hydrogen) atoms. The zero-order valence-corrected chi connectivity index (χ0v) is 20.0. The maximum Gasteiger partial charge on any atom is 0.410 e. The molecule has 3 rings (SSSR count). The molecule has 1 saturated heterocycles. The van der Waals surface area contributed by atoms with E-state index in [0.717, 1.165) is 11.3 Å². The number of nitrogens with zero attached hydrogens (tertiary/aromatic N) is 3. The molecule has 9 heteroatoms. The SMILES string of the molecule is CNC(=O)c1ccc(/C=C/C(=O)Nc2ccc(N3CCN(C(=O)OC(C)(C)C)CC3)cn2)cc1. The van der Waals surface area contributed by atoms with Crippen molar-refractivity contribution in [1.29, 1.82) is 0 Å². The highest BCUT2D eigenvalue weighted by Gasteiger charge is 2.26. The Morgan fingerprint density at radius 2 is 1.68 bits per heavy atom. The summed E-state index contributed by atoms with van der Waals surface area (Å²) >= 11 is 0. The number of carbonyl (C=O) groups is 3. The summed E-state index contributed by atoms with van der Waals surface area (Å²) in [6.07, 6.45) is 4.50. The molecule has 0 saturated carbocycles. The van der Waals surface area contributed by atoms with E-state index in [0.29, 0.717) is 37.6 Å². The highest BCUT2D eigenvalue weighted by atomic mass is 16.6. The molecule has 9 nitrogen and oxygen atoms in total. The number of benzene rings is 1. The first-order valence-electron chi connectivity index (χ1n) is 11.1. The van der Waals surface area contributed by atoms with Gasteiger partial charge in [0, 0.05) is 44.9 Å².